The van der Waals surface area contributed by atoms with Gasteiger partial charge in [0, 0.05) is 0 Å². The van der Waals surface area contributed by atoms with E-state index in [1.54, 1.807) is 0 Å². The van der Waals surface area contributed by atoms with Crippen molar-refractivity contribution in [1.29, 1.82) is 0 Å². The summed E-state index contributed by atoms with van der Waals surface area (Å²) in [6.07, 6.45) is 1.40. The fourth-order valence-electron chi connectivity index (χ4n) is 1.36. The van der Waals surface area contributed by atoms with Crippen molar-refractivity contribution >= 4 is 27.5 Å². The van der Waals surface area contributed by atoms with E-state index in [4.69, 9.17) is 16.3 Å². The van der Waals surface area contributed by atoms with E-state index in [2.05, 4.69) is 21.0 Å². The van der Waals surface area contributed by atoms with Crippen LogP contribution in [0.25, 0.3) is 0 Å². The first-order chi connectivity index (χ1) is 8.68. The quantitative estimate of drug-likeness (QED) is 0.866. The average molecular weight is 330 g/mol. The number of aromatic nitrogens is 2. The van der Waals surface area contributed by atoms with Gasteiger partial charge in [-0.15, -0.1) is 0 Å². The maximum Gasteiger partial charge on any atom is 0.284 e. The van der Waals surface area contributed by atoms with Crippen molar-refractivity contribution in [3.05, 3.63) is 61.9 Å². The average Bonchev–Trinajstić information content (AvgIpc) is 2.40. The Morgan fingerprint density at radius 3 is 2.78 bits per heavy atom. The van der Waals surface area contributed by atoms with E-state index >= 15 is 0 Å². The molecule has 0 aliphatic heterocycles. The first-order valence-corrected chi connectivity index (χ1v) is 6.38. The number of benzene rings is 1. The normalized spacial score (nSPS) is 10.6. The van der Waals surface area contributed by atoms with Gasteiger partial charge in [0.2, 0.25) is 0 Å². The van der Waals surface area contributed by atoms with Gasteiger partial charge in [-0.2, -0.15) is 5.10 Å². The summed E-state index contributed by atoms with van der Waals surface area (Å²) in [5.74, 6) is 0. The Labute approximate surface area is 117 Å². The van der Waals surface area contributed by atoms with Gasteiger partial charge in [0.1, 0.15) is 11.2 Å². The minimum absolute atomic E-state index is 0.0868. The van der Waals surface area contributed by atoms with Crippen molar-refractivity contribution in [2.24, 2.45) is 0 Å². The number of ether oxygens (including phenoxy) is 1. The Bertz CT molecular complexity index is 586. The lowest BCUT2D eigenvalue weighted by Gasteiger charge is -2.07. The van der Waals surface area contributed by atoms with Crippen LogP contribution in [0.15, 0.2) is 45.8 Å². The Balaban J connectivity index is 1.99. The maximum absolute atomic E-state index is 11.7. The fraction of sp³-hybridized carbons (Fsp3) is 0.167. The number of rotatable bonds is 4. The zero-order valence-electron chi connectivity index (χ0n) is 9.35. The molecule has 0 spiro atoms. The SMILES string of the molecule is O=c1c(Br)c(Cl)cnn1COCc1ccccc1. The second kappa shape index (κ2) is 6.13. The van der Waals surface area contributed by atoms with Crippen molar-refractivity contribution in [3.63, 3.8) is 0 Å². The molecule has 94 valence electrons. The highest BCUT2D eigenvalue weighted by molar-refractivity contribution is 9.10. The molecule has 1 aromatic heterocycles. The Hall–Kier alpha value is -1.17. The third-order valence-corrected chi connectivity index (χ3v) is 3.55. The van der Waals surface area contributed by atoms with E-state index in [0.29, 0.717) is 16.1 Å². The lowest BCUT2D eigenvalue weighted by Crippen LogP contribution is -2.24. The standard InChI is InChI=1S/C12H10BrClN2O2/c13-11-10(14)6-15-16(12(11)17)8-18-7-9-4-2-1-3-5-9/h1-6H,7-8H2. The second-order valence-electron chi connectivity index (χ2n) is 3.57. The van der Waals surface area contributed by atoms with Gasteiger partial charge in [-0.3, -0.25) is 4.79 Å². The molecule has 0 aliphatic carbocycles. The topological polar surface area (TPSA) is 44.1 Å². The summed E-state index contributed by atoms with van der Waals surface area (Å²) >= 11 is 8.86. The zero-order valence-corrected chi connectivity index (χ0v) is 11.7. The first-order valence-electron chi connectivity index (χ1n) is 5.21. The van der Waals surface area contributed by atoms with Crippen LogP contribution in [0.1, 0.15) is 5.56 Å². The molecule has 1 heterocycles. The fourth-order valence-corrected chi connectivity index (χ4v) is 1.79. The van der Waals surface area contributed by atoms with E-state index in [1.807, 2.05) is 30.3 Å². The lowest BCUT2D eigenvalue weighted by molar-refractivity contribution is 0.0526. The zero-order chi connectivity index (χ0) is 13.0. The molecule has 0 amide bonds. The van der Waals surface area contributed by atoms with E-state index in [0.717, 1.165) is 5.56 Å². The Kier molecular flexibility index (Phi) is 4.52. The molecule has 6 heteroatoms. The molecule has 4 nitrogen and oxygen atoms in total. The van der Waals surface area contributed by atoms with Gasteiger partial charge in [0.15, 0.2) is 0 Å². The van der Waals surface area contributed by atoms with E-state index in [-0.39, 0.29) is 12.3 Å². The van der Waals surface area contributed by atoms with E-state index in [9.17, 15) is 4.79 Å². The molecular formula is C12H10BrClN2O2. The van der Waals surface area contributed by atoms with Crippen molar-refractivity contribution in [3.8, 4) is 0 Å². The molecule has 0 radical (unpaired) electrons. The highest BCUT2D eigenvalue weighted by Gasteiger charge is 2.06. The van der Waals surface area contributed by atoms with E-state index in [1.165, 1.54) is 10.9 Å². The van der Waals surface area contributed by atoms with Gasteiger partial charge >= 0.3 is 0 Å². The van der Waals surface area contributed by atoms with Crippen molar-refractivity contribution < 1.29 is 4.74 Å². The molecule has 0 N–H and O–H groups in total. The van der Waals surface area contributed by atoms with Crippen molar-refractivity contribution in [2.75, 3.05) is 0 Å². The molecule has 0 unspecified atom stereocenters. The molecule has 0 bridgehead atoms. The van der Waals surface area contributed by atoms with Gasteiger partial charge in [0.25, 0.3) is 5.56 Å². The van der Waals surface area contributed by atoms with Gasteiger partial charge in [0.05, 0.1) is 17.8 Å². The predicted octanol–water partition coefficient (Wildman–Crippen LogP) is 2.83. The smallest absolute Gasteiger partial charge is 0.284 e. The van der Waals surface area contributed by atoms with Crippen molar-refractivity contribution in [1.82, 2.24) is 9.78 Å². The van der Waals surface area contributed by atoms with Crippen LogP contribution in [0.5, 0.6) is 0 Å². The van der Waals surface area contributed by atoms with Gasteiger partial charge in [-0.1, -0.05) is 41.9 Å². The van der Waals surface area contributed by atoms with Gasteiger partial charge < -0.3 is 4.74 Å². The molecule has 0 aliphatic rings. The largest absolute Gasteiger partial charge is 0.354 e. The van der Waals surface area contributed by atoms with Crippen LogP contribution in [0, 0.1) is 0 Å². The van der Waals surface area contributed by atoms with Crippen LogP contribution in [0.2, 0.25) is 5.02 Å². The Morgan fingerprint density at radius 1 is 1.33 bits per heavy atom. The summed E-state index contributed by atoms with van der Waals surface area (Å²) in [5, 5.41) is 4.18. The lowest BCUT2D eigenvalue weighted by atomic mass is 10.2. The highest BCUT2D eigenvalue weighted by atomic mass is 79.9. The van der Waals surface area contributed by atoms with Crippen LogP contribution in [0.3, 0.4) is 0 Å². The molecule has 0 fully saturated rings. The molecular weight excluding hydrogens is 320 g/mol. The summed E-state index contributed by atoms with van der Waals surface area (Å²) in [7, 11) is 0. The summed E-state index contributed by atoms with van der Waals surface area (Å²) in [6.45, 7) is 0.513. The minimum Gasteiger partial charge on any atom is -0.354 e. The third kappa shape index (κ3) is 3.19. The molecule has 2 rings (SSSR count). The van der Waals surface area contributed by atoms with Crippen LogP contribution in [-0.2, 0) is 18.1 Å². The molecule has 0 atom stereocenters. The van der Waals surface area contributed by atoms with Crippen LogP contribution >= 0.6 is 27.5 Å². The van der Waals surface area contributed by atoms with Crippen LogP contribution in [-0.4, -0.2) is 9.78 Å². The first kappa shape index (κ1) is 13.3. The molecule has 1 aromatic carbocycles. The van der Waals surface area contributed by atoms with Crippen LogP contribution < -0.4 is 5.56 Å². The number of hydrogen-bond donors (Lipinski definition) is 0. The van der Waals surface area contributed by atoms with Crippen molar-refractivity contribution in [2.45, 2.75) is 13.3 Å². The monoisotopic (exact) mass is 328 g/mol. The highest BCUT2D eigenvalue weighted by Crippen LogP contribution is 2.15. The molecule has 0 saturated carbocycles. The Morgan fingerprint density at radius 2 is 2.06 bits per heavy atom. The minimum atomic E-state index is -0.310. The number of hydrogen-bond acceptors (Lipinski definition) is 3. The predicted molar refractivity (Wildman–Crippen MR) is 72.4 cm³/mol. The summed E-state index contributed by atoms with van der Waals surface area (Å²) in [6, 6.07) is 9.71. The second-order valence-corrected chi connectivity index (χ2v) is 4.77. The molecule has 0 saturated heterocycles. The van der Waals surface area contributed by atoms with E-state index < -0.39 is 0 Å². The molecule has 18 heavy (non-hydrogen) atoms. The summed E-state index contributed by atoms with van der Waals surface area (Å²) in [4.78, 5) is 11.7. The summed E-state index contributed by atoms with van der Waals surface area (Å²) in [5.41, 5.74) is 0.731. The summed E-state index contributed by atoms with van der Waals surface area (Å²) < 4.78 is 6.92. The van der Waals surface area contributed by atoms with Gasteiger partial charge in [-0.05, 0) is 21.5 Å². The number of nitrogens with zero attached hydrogens (tertiary/aromatic N) is 2. The van der Waals surface area contributed by atoms with Gasteiger partial charge in [-0.25, -0.2) is 4.68 Å². The third-order valence-electron chi connectivity index (χ3n) is 2.27. The van der Waals surface area contributed by atoms with Crippen LogP contribution in [0.4, 0.5) is 0 Å². The number of halogens is 2. The molecule has 2 aromatic rings. The maximum atomic E-state index is 11.7.